The fourth-order valence-electron chi connectivity index (χ4n) is 2.83. The van der Waals surface area contributed by atoms with Crippen LogP contribution in [-0.4, -0.2) is 10.8 Å². The van der Waals surface area contributed by atoms with Gasteiger partial charge in [-0.3, -0.25) is 4.79 Å². The van der Waals surface area contributed by atoms with Crippen LogP contribution in [0, 0.1) is 5.92 Å². The molecule has 1 aromatic carbocycles. The van der Waals surface area contributed by atoms with E-state index in [4.69, 9.17) is 11.6 Å². The summed E-state index contributed by atoms with van der Waals surface area (Å²) in [6.07, 6.45) is 4.69. The van der Waals surface area contributed by atoms with Crippen LogP contribution in [-0.2, 0) is 11.2 Å². The highest BCUT2D eigenvalue weighted by atomic mass is 79.9. The number of halogens is 2. The minimum atomic E-state index is 0.423. The predicted molar refractivity (Wildman–Crippen MR) is 85.1 cm³/mol. The van der Waals surface area contributed by atoms with E-state index in [1.807, 2.05) is 6.07 Å². The van der Waals surface area contributed by atoms with Gasteiger partial charge in [0.25, 0.3) is 0 Å². The molecule has 1 atom stereocenters. The van der Waals surface area contributed by atoms with Gasteiger partial charge in [-0.2, -0.15) is 0 Å². The number of hydrogen-bond acceptors (Lipinski definition) is 2. The van der Waals surface area contributed by atoms with Gasteiger partial charge in [0.15, 0.2) is 0 Å². The van der Waals surface area contributed by atoms with Crippen molar-refractivity contribution in [2.24, 2.45) is 5.92 Å². The van der Waals surface area contributed by atoms with Gasteiger partial charge in [-0.1, -0.05) is 23.7 Å². The van der Waals surface area contributed by atoms with E-state index < -0.39 is 0 Å². The summed E-state index contributed by atoms with van der Waals surface area (Å²) in [7, 11) is 0. The number of fused-ring (bicyclic) bond motifs is 1. The van der Waals surface area contributed by atoms with Crippen molar-refractivity contribution in [3.05, 3.63) is 39.5 Å². The van der Waals surface area contributed by atoms with Crippen LogP contribution in [0.1, 0.15) is 31.2 Å². The average Bonchev–Trinajstić information content (AvgIpc) is 2.84. The van der Waals surface area contributed by atoms with Gasteiger partial charge in [-0.15, -0.1) is 0 Å². The average molecular weight is 353 g/mol. The molecule has 104 valence electrons. The van der Waals surface area contributed by atoms with Crippen molar-refractivity contribution in [3.63, 3.8) is 0 Å². The van der Waals surface area contributed by atoms with Gasteiger partial charge >= 0.3 is 0 Å². The van der Waals surface area contributed by atoms with Crippen molar-refractivity contribution < 1.29 is 4.79 Å². The molecule has 1 fully saturated rings. The third-order valence-corrected chi connectivity index (χ3v) is 5.10. The molecule has 0 bridgehead atoms. The Morgan fingerprint density at radius 2 is 2.20 bits per heavy atom. The van der Waals surface area contributed by atoms with Crippen LogP contribution < -0.4 is 0 Å². The molecule has 1 aliphatic rings. The van der Waals surface area contributed by atoms with Gasteiger partial charge in [0.2, 0.25) is 0 Å². The van der Waals surface area contributed by atoms with E-state index in [0.29, 0.717) is 16.9 Å². The van der Waals surface area contributed by atoms with Crippen molar-refractivity contribution in [2.45, 2.75) is 32.1 Å². The lowest BCUT2D eigenvalue weighted by Crippen LogP contribution is -1.98. The summed E-state index contributed by atoms with van der Waals surface area (Å²) in [6.45, 7) is 0. The number of pyridine rings is 1. The van der Waals surface area contributed by atoms with E-state index in [0.717, 1.165) is 47.5 Å². The SMILES string of the molecule is O=C1CCC(CCc2ccc3cc(Br)c(Cl)nc3c2)C1. The van der Waals surface area contributed by atoms with Crippen LogP contribution in [0.3, 0.4) is 0 Å². The normalized spacial score (nSPS) is 18.9. The molecule has 0 spiro atoms. The first-order valence-corrected chi connectivity index (χ1v) is 8.05. The number of aromatic nitrogens is 1. The van der Waals surface area contributed by atoms with Crippen molar-refractivity contribution in [1.29, 1.82) is 0 Å². The quantitative estimate of drug-likeness (QED) is 0.731. The topological polar surface area (TPSA) is 30.0 Å². The molecular formula is C16H15BrClNO. The summed E-state index contributed by atoms with van der Waals surface area (Å²) in [6, 6.07) is 8.31. The fraction of sp³-hybridized carbons (Fsp3) is 0.375. The highest BCUT2D eigenvalue weighted by Gasteiger charge is 2.21. The molecule has 0 aliphatic heterocycles. The molecule has 0 amide bonds. The van der Waals surface area contributed by atoms with Crippen LogP contribution >= 0.6 is 27.5 Å². The lowest BCUT2D eigenvalue weighted by molar-refractivity contribution is -0.117. The van der Waals surface area contributed by atoms with Crippen LogP contribution in [0.2, 0.25) is 5.15 Å². The molecule has 1 saturated carbocycles. The number of hydrogen-bond donors (Lipinski definition) is 0. The van der Waals surface area contributed by atoms with Gasteiger partial charge in [0, 0.05) is 18.2 Å². The lowest BCUT2D eigenvalue weighted by atomic mass is 9.97. The van der Waals surface area contributed by atoms with E-state index in [1.54, 1.807) is 0 Å². The molecule has 2 nitrogen and oxygen atoms in total. The smallest absolute Gasteiger partial charge is 0.143 e. The van der Waals surface area contributed by atoms with E-state index >= 15 is 0 Å². The second-order valence-corrected chi connectivity index (χ2v) is 6.69. The molecule has 2 aromatic rings. The monoisotopic (exact) mass is 351 g/mol. The highest BCUT2D eigenvalue weighted by molar-refractivity contribution is 9.10. The summed E-state index contributed by atoms with van der Waals surface area (Å²) in [4.78, 5) is 15.7. The molecule has 1 unspecified atom stereocenters. The van der Waals surface area contributed by atoms with Gasteiger partial charge in [0.1, 0.15) is 10.9 Å². The Bertz CT molecular complexity index is 671. The molecule has 4 heteroatoms. The minimum absolute atomic E-state index is 0.423. The summed E-state index contributed by atoms with van der Waals surface area (Å²) in [5.74, 6) is 0.992. The van der Waals surface area contributed by atoms with Crippen molar-refractivity contribution in [2.75, 3.05) is 0 Å². The maximum Gasteiger partial charge on any atom is 0.143 e. The largest absolute Gasteiger partial charge is 0.300 e. The molecule has 1 heterocycles. The molecule has 0 radical (unpaired) electrons. The maximum absolute atomic E-state index is 11.3. The Kier molecular flexibility index (Phi) is 4.08. The predicted octanol–water partition coefficient (Wildman–Crippen LogP) is 4.95. The van der Waals surface area contributed by atoms with Gasteiger partial charge in [0.05, 0.1) is 9.99 Å². The van der Waals surface area contributed by atoms with Crippen molar-refractivity contribution in [1.82, 2.24) is 4.98 Å². The number of carbonyl (C=O) groups excluding carboxylic acids is 1. The van der Waals surface area contributed by atoms with Gasteiger partial charge in [-0.05, 0) is 58.8 Å². The van der Waals surface area contributed by atoms with E-state index in [9.17, 15) is 4.79 Å². The van der Waals surface area contributed by atoms with Crippen LogP contribution in [0.25, 0.3) is 10.9 Å². The minimum Gasteiger partial charge on any atom is -0.300 e. The van der Waals surface area contributed by atoms with E-state index in [2.05, 4.69) is 39.1 Å². The van der Waals surface area contributed by atoms with E-state index in [-0.39, 0.29) is 0 Å². The highest BCUT2D eigenvalue weighted by Crippen LogP contribution is 2.28. The zero-order chi connectivity index (χ0) is 14.1. The number of carbonyl (C=O) groups is 1. The fourth-order valence-corrected chi connectivity index (χ4v) is 3.31. The number of aryl methyl sites for hydroxylation is 1. The van der Waals surface area contributed by atoms with E-state index in [1.165, 1.54) is 5.56 Å². The Hall–Kier alpha value is -0.930. The number of benzene rings is 1. The molecule has 0 N–H and O–H groups in total. The van der Waals surface area contributed by atoms with Crippen molar-refractivity contribution in [3.8, 4) is 0 Å². The number of nitrogens with zero attached hydrogens (tertiary/aromatic N) is 1. The molecule has 1 aromatic heterocycles. The Morgan fingerprint density at radius 1 is 1.35 bits per heavy atom. The third-order valence-electron chi connectivity index (χ3n) is 3.98. The Morgan fingerprint density at radius 3 is 2.95 bits per heavy atom. The van der Waals surface area contributed by atoms with Crippen molar-refractivity contribution >= 4 is 44.2 Å². The molecule has 3 rings (SSSR count). The Balaban J connectivity index is 1.75. The first kappa shape index (κ1) is 14.0. The zero-order valence-electron chi connectivity index (χ0n) is 11.0. The lowest BCUT2D eigenvalue weighted by Gasteiger charge is -2.08. The standard InChI is InChI=1S/C16H15BrClNO/c17-14-9-12-5-3-11(8-15(12)19-16(14)18)2-1-10-4-6-13(20)7-10/h3,5,8-10H,1-2,4,6-7H2. The first-order chi connectivity index (χ1) is 9.61. The summed E-state index contributed by atoms with van der Waals surface area (Å²) in [5, 5.41) is 1.58. The number of ketones is 1. The first-order valence-electron chi connectivity index (χ1n) is 6.88. The van der Waals surface area contributed by atoms with Gasteiger partial charge < -0.3 is 0 Å². The van der Waals surface area contributed by atoms with Crippen LogP contribution in [0.5, 0.6) is 0 Å². The second-order valence-electron chi connectivity index (χ2n) is 5.47. The van der Waals surface area contributed by atoms with Gasteiger partial charge in [-0.25, -0.2) is 4.98 Å². The summed E-state index contributed by atoms with van der Waals surface area (Å²) in [5.41, 5.74) is 2.20. The number of Topliss-reactive ketones (excluding diaryl/α,β-unsaturated/α-hetero) is 1. The van der Waals surface area contributed by atoms with Crippen LogP contribution in [0.15, 0.2) is 28.7 Å². The molecule has 1 aliphatic carbocycles. The Labute approximate surface area is 131 Å². The maximum atomic E-state index is 11.3. The zero-order valence-corrected chi connectivity index (χ0v) is 13.4. The molecular weight excluding hydrogens is 338 g/mol. The summed E-state index contributed by atoms with van der Waals surface area (Å²) >= 11 is 9.43. The second kappa shape index (κ2) is 5.82. The third kappa shape index (κ3) is 3.04. The van der Waals surface area contributed by atoms with Crippen LogP contribution in [0.4, 0.5) is 0 Å². The molecule has 20 heavy (non-hydrogen) atoms. The molecule has 0 saturated heterocycles. The number of rotatable bonds is 3. The summed E-state index contributed by atoms with van der Waals surface area (Å²) < 4.78 is 0.823.